The summed E-state index contributed by atoms with van der Waals surface area (Å²) in [5.74, 6) is -0.991. The fourth-order valence-electron chi connectivity index (χ4n) is 4.82. The molecule has 2 N–H and O–H groups in total. The Bertz CT molecular complexity index is 857. The summed E-state index contributed by atoms with van der Waals surface area (Å²) in [4.78, 5) is 30.0. The molecule has 0 spiro atoms. The Kier molecular flexibility index (Phi) is 7.55. The number of hydrogen-bond acceptors (Lipinski definition) is 5. The summed E-state index contributed by atoms with van der Waals surface area (Å²) < 4.78 is 46.9. The van der Waals surface area contributed by atoms with Gasteiger partial charge in [-0.3, -0.25) is 19.8 Å². The van der Waals surface area contributed by atoms with Crippen LogP contribution in [-0.2, 0) is 27.3 Å². The zero-order valence-corrected chi connectivity index (χ0v) is 18.7. The van der Waals surface area contributed by atoms with E-state index in [1.165, 1.54) is 17.0 Å². The molecule has 2 amide bonds. The third kappa shape index (κ3) is 5.85. The summed E-state index contributed by atoms with van der Waals surface area (Å²) in [7, 11) is 0. The number of hydrogen-bond donors (Lipinski definition) is 2. The predicted octanol–water partition coefficient (Wildman–Crippen LogP) is 1.30. The lowest BCUT2D eigenvalue weighted by molar-refractivity contribution is -0.143. The lowest BCUT2D eigenvalue weighted by atomic mass is 9.95. The van der Waals surface area contributed by atoms with E-state index >= 15 is 0 Å². The average molecular weight is 469 g/mol. The lowest BCUT2D eigenvalue weighted by Crippen LogP contribution is -2.61. The molecule has 4 rings (SSSR count). The van der Waals surface area contributed by atoms with Crippen LogP contribution < -0.4 is 10.6 Å². The van der Waals surface area contributed by atoms with Crippen molar-refractivity contribution in [2.24, 2.45) is 0 Å². The second kappa shape index (κ2) is 10.4. The van der Waals surface area contributed by atoms with Crippen LogP contribution in [0, 0.1) is 5.82 Å². The molecule has 0 aliphatic carbocycles. The van der Waals surface area contributed by atoms with Gasteiger partial charge in [-0.1, -0.05) is 6.07 Å². The Balaban J connectivity index is 1.51. The van der Waals surface area contributed by atoms with Crippen molar-refractivity contribution in [1.82, 2.24) is 20.4 Å². The maximum absolute atomic E-state index is 13.9. The molecule has 5 atom stereocenters. The second-order valence-electron chi connectivity index (χ2n) is 9.15. The molecule has 2 fully saturated rings. The number of alkyl halides is 2. The number of nitrogens with one attached hydrogen (secondary N) is 2. The summed E-state index contributed by atoms with van der Waals surface area (Å²) in [6, 6.07) is 2.43. The number of piperidine rings is 1. The molecule has 0 bridgehead atoms. The van der Waals surface area contributed by atoms with Crippen molar-refractivity contribution in [3.05, 3.63) is 35.1 Å². The first-order valence-corrected chi connectivity index (χ1v) is 11.5. The molecule has 2 saturated heterocycles. The van der Waals surface area contributed by atoms with Gasteiger partial charge in [0.15, 0.2) is 6.30 Å². The Morgan fingerprint density at radius 1 is 1.24 bits per heavy atom. The van der Waals surface area contributed by atoms with E-state index in [9.17, 15) is 22.8 Å². The van der Waals surface area contributed by atoms with Crippen molar-refractivity contribution in [3.63, 3.8) is 0 Å². The SMILES string of the molecule is C[C@H](NC(=O)[C@H](CN1CCOCC1)N1Cc2cc(F)ccc2CC1=O)C1CC(F)CC(F)N1. The van der Waals surface area contributed by atoms with E-state index < -0.39 is 36.4 Å². The van der Waals surface area contributed by atoms with Gasteiger partial charge in [0, 0.05) is 44.7 Å². The average Bonchev–Trinajstić information content (AvgIpc) is 2.77. The first kappa shape index (κ1) is 24.0. The second-order valence-corrected chi connectivity index (χ2v) is 9.15. The fourth-order valence-corrected chi connectivity index (χ4v) is 4.82. The Morgan fingerprint density at radius 3 is 2.73 bits per heavy atom. The van der Waals surface area contributed by atoms with Crippen LogP contribution in [0.4, 0.5) is 13.2 Å². The molecular formula is C23H31F3N4O3. The topological polar surface area (TPSA) is 73.9 Å². The highest BCUT2D eigenvalue weighted by Crippen LogP contribution is 2.24. The quantitative estimate of drug-likeness (QED) is 0.616. The molecule has 1 aromatic carbocycles. The molecule has 182 valence electrons. The third-order valence-corrected chi connectivity index (χ3v) is 6.73. The van der Waals surface area contributed by atoms with Crippen LogP contribution in [-0.4, -0.2) is 85.1 Å². The zero-order chi connectivity index (χ0) is 23.5. The van der Waals surface area contributed by atoms with Gasteiger partial charge < -0.3 is 15.0 Å². The Morgan fingerprint density at radius 2 is 2.00 bits per heavy atom. The summed E-state index contributed by atoms with van der Waals surface area (Å²) in [5.41, 5.74) is 1.43. The summed E-state index contributed by atoms with van der Waals surface area (Å²) in [6.45, 7) is 4.46. The van der Waals surface area contributed by atoms with Gasteiger partial charge in [0.25, 0.3) is 0 Å². The number of ether oxygens (including phenoxy) is 1. The van der Waals surface area contributed by atoms with Gasteiger partial charge in [-0.2, -0.15) is 0 Å². The standard InChI is InChI=1S/C23H31F3N4O3/c1-14(19-10-18(25)11-21(26)28-19)27-23(32)20(13-29-4-6-33-7-5-29)30-12-16-8-17(24)3-2-15(16)9-22(30)31/h2-3,8,14,18-21,28H,4-7,9-13H2,1H3,(H,27,32)/t14-,18?,19?,20-,21?/m0/s1. The minimum Gasteiger partial charge on any atom is -0.379 e. The van der Waals surface area contributed by atoms with E-state index in [1.54, 1.807) is 13.0 Å². The Hall–Kier alpha value is -2.17. The molecule has 7 nitrogen and oxygen atoms in total. The summed E-state index contributed by atoms with van der Waals surface area (Å²) in [6.07, 6.45) is -2.74. The number of carbonyl (C=O) groups excluding carboxylic acids is 2. The molecule has 3 unspecified atom stereocenters. The normalized spacial score (nSPS) is 28.2. The van der Waals surface area contributed by atoms with E-state index in [4.69, 9.17) is 4.74 Å². The maximum Gasteiger partial charge on any atom is 0.244 e. The highest BCUT2D eigenvalue weighted by molar-refractivity contribution is 5.89. The number of halogens is 3. The van der Waals surface area contributed by atoms with Gasteiger partial charge in [0.05, 0.1) is 19.6 Å². The summed E-state index contributed by atoms with van der Waals surface area (Å²) >= 11 is 0. The first-order chi connectivity index (χ1) is 15.8. The number of fused-ring (bicyclic) bond motifs is 1. The molecule has 3 aliphatic heterocycles. The van der Waals surface area contributed by atoms with Crippen LogP contribution >= 0.6 is 0 Å². The van der Waals surface area contributed by atoms with Crippen LogP contribution in [0.3, 0.4) is 0 Å². The van der Waals surface area contributed by atoms with Gasteiger partial charge in [0.2, 0.25) is 11.8 Å². The third-order valence-electron chi connectivity index (χ3n) is 6.73. The van der Waals surface area contributed by atoms with Gasteiger partial charge in [-0.25, -0.2) is 13.2 Å². The molecule has 10 heteroatoms. The number of morpholine rings is 1. The number of amides is 2. The van der Waals surface area contributed by atoms with Gasteiger partial charge in [0.1, 0.15) is 18.0 Å². The highest BCUT2D eigenvalue weighted by Gasteiger charge is 2.37. The van der Waals surface area contributed by atoms with Crippen LogP contribution in [0.25, 0.3) is 0 Å². The first-order valence-electron chi connectivity index (χ1n) is 11.5. The van der Waals surface area contributed by atoms with Crippen molar-refractivity contribution in [2.45, 2.75) is 63.3 Å². The minimum absolute atomic E-state index is 0.0926. The molecule has 33 heavy (non-hydrogen) atoms. The van der Waals surface area contributed by atoms with Crippen LogP contribution in [0.15, 0.2) is 18.2 Å². The minimum atomic E-state index is -1.46. The molecule has 1 aromatic rings. The summed E-state index contributed by atoms with van der Waals surface area (Å²) in [5, 5.41) is 5.58. The zero-order valence-electron chi connectivity index (χ0n) is 18.7. The number of benzene rings is 1. The van der Waals surface area contributed by atoms with Crippen LogP contribution in [0.2, 0.25) is 0 Å². The predicted molar refractivity (Wildman–Crippen MR) is 115 cm³/mol. The van der Waals surface area contributed by atoms with E-state index in [0.29, 0.717) is 38.4 Å². The van der Waals surface area contributed by atoms with Gasteiger partial charge in [-0.15, -0.1) is 0 Å². The van der Waals surface area contributed by atoms with E-state index in [2.05, 4.69) is 15.5 Å². The monoisotopic (exact) mass is 468 g/mol. The van der Waals surface area contributed by atoms with Crippen molar-refractivity contribution in [2.75, 3.05) is 32.8 Å². The molecule has 0 aromatic heterocycles. The smallest absolute Gasteiger partial charge is 0.244 e. The van der Waals surface area contributed by atoms with Crippen LogP contribution in [0.5, 0.6) is 0 Å². The van der Waals surface area contributed by atoms with E-state index in [-0.39, 0.29) is 37.6 Å². The van der Waals surface area contributed by atoms with Crippen molar-refractivity contribution in [1.29, 1.82) is 0 Å². The van der Waals surface area contributed by atoms with Crippen molar-refractivity contribution < 1.29 is 27.5 Å². The number of carbonyl (C=O) groups is 2. The van der Waals surface area contributed by atoms with E-state index in [1.807, 2.05) is 0 Å². The fraction of sp³-hybridized carbons (Fsp3) is 0.652. The number of nitrogens with zero attached hydrogens (tertiary/aromatic N) is 2. The number of rotatable bonds is 6. The lowest BCUT2D eigenvalue weighted by Gasteiger charge is -2.39. The molecule has 3 heterocycles. The molecule has 0 radical (unpaired) electrons. The Labute approximate surface area is 191 Å². The van der Waals surface area contributed by atoms with Crippen molar-refractivity contribution in [3.8, 4) is 0 Å². The highest BCUT2D eigenvalue weighted by atomic mass is 19.1. The van der Waals surface area contributed by atoms with Gasteiger partial charge in [-0.05, 0) is 36.6 Å². The maximum atomic E-state index is 13.9. The molecule has 3 aliphatic rings. The largest absolute Gasteiger partial charge is 0.379 e. The molecular weight excluding hydrogens is 437 g/mol. The van der Waals surface area contributed by atoms with Gasteiger partial charge >= 0.3 is 0 Å². The van der Waals surface area contributed by atoms with E-state index in [0.717, 1.165) is 5.56 Å². The molecule has 0 saturated carbocycles. The van der Waals surface area contributed by atoms with Crippen LogP contribution in [0.1, 0.15) is 30.9 Å². The van der Waals surface area contributed by atoms with Crippen molar-refractivity contribution >= 4 is 11.8 Å².